The molecule has 158 valence electrons. The minimum Gasteiger partial charge on any atom is -0.324 e. The molecule has 1 aliphatic heterocycles. The third-order valence-corrected chi connectivity index (χ3v) is 5.78. The van der Waals surface area contributed by atoms with E-state index in [2.05, 4.69) is 5.32 Å². The zero-order valence-electron chi connectivity index (χ0n) is 16.6. The summed E-state index contributed by atoms with van der Waals surface area (Å²) in [4.78, 5) is 50.2. The number of halogens is 1. The zero-order valence-corrected chi connectivity index (χ0v) is 17.4. The van der Waals surface area contributed by atoms with Crippen LogP contribution in [0.15, 0.2) is 52.2 Å². The molecule has 8 nitrogen and oxygen atoms in total. The lowest BCUT2D eigenvalue weighted by molar-refractivity contribution is -0.127. The van der Waals surface area contributed by atoms with Crippen LogP contribution in [0.4, 0.5) is 14.9 Å². The lowest BCUT2D eigenvalue weighted by atomic mass is 10.2. The lowest BCUT2D eigenvalue weighted by Gasteiger charge is -2.12. The summed E-state index contributed by atoms with van der Waals surface area (Å²) in [5.41, 5.74) is 2.14. The van der Waals surface area contributed by atoms with Crippen LogP contribution >= 0.6 is 11.8 Å². The number of aromatic nitrogens is 2. The van der Waals surface area contributed by atoms with Crippen LogP contribution in [0.3, 0.4) is 0 Å². The second-order valence-electron chi connectivity index (χ2n) is 6.98. The Morgan fingerprint density at radius 3 is 2.55 bits per heavy atom. The van der Waals surface area contributed by atoms with Gasteiger partial charge in [0.15, 0.2) is 0 Å². The highest BCUT2D eigenvalue weighted by molar-refractivity contribution is 8.18. The highest BCUT2D eigenvalue weighted by Crippen LogP contribution is 2.32. The van der Waals surface area contributed by atoms with E-state index in [0.29, 0.717) is 11.1 Å². The Balaban J connectivity index is 1.53. The molecule has 3 amide bonds. The molecule has 0 unspecified atom stereocenters. The van der Waals surface area contributed by atoms with Crippen molar-refractivity contribution in [2.24, 2.45) is 14.1 Å². The van der Waals surface area contributed by atoms with Crippen molar-refractivity contribution in [2.45, 2.75) is 0 Å². The number of aryl methyl sites for hydroxylation is 2. The minimum absolute atomic E-state index is 0.170. The average Bonchev–Trinajstić information content (AvgIpc) is 3.10. The van der Waals surface area contributed by atoms with Crippen LogP contribution in [0.5, 0.6) is 0 Å². The number of carbonyl (C=O) groups is 3. The summed E-state index contributed by atoms with van der Waals surface area (Å²) in [6, 6.07) is 10.6. The summed E-state index contributed by atoms with van der Waals surface area (Å²) < 4.78 is 16.3. The number of nitrogens with one attached hydrogen (secondary N) is 1. The van der Waals surface area contributed by atoms with Crippen molar-refractivity contribution in [1.29, 1.82) is 0 Å². The molecule has 0 bridgehead atoms. The van der Waals surface area contributed by atoms with Crippen LogP contribution in [-0.4, -0.2) is 37.6 Å². The van der Waals surface area contributed by atoms with Gasteiger partial charge in [0.05, 0.1) is 15.9 Å². The van der Waals surface area contributed by atoms with Gasteiger partial charge in [0, 0.05) is 19.8 Å². The summed E-state index contributed by atoms with van der Waals surface area (Å²) in [5.74, 6) is -1.72. The Hall–Kier alpha value is -3.66. The second kappa shape index (κ2) is 7.88. The Kier molecular flexibility index (Phi) is 5.24. The number of anilines is 1. The number of amides is 3. The van der Waals surface area contributed by atoms with E-state index in [9.17, 15) is 23.6 Å². The lowest BCUT2D eigenvalue weighted by Crippen LogP contribution is -2.36. The summed E-state index contributed by atoms with van der Waals surface area (Å²) in [5, 5.41) is 1.89. The van der Waals surface area contributed by atoms with Gasteiger partial charge in [-0.2, -0.15) is 0 Å². The maximum Gasteiger partial charge on any atom is 0.328 e. The summed E-state index contributed by atoms with van der Waals surface area (Å²) in [6.07, 6.45) is 1.55. The van der Waals surface area contributed by atoms with Gasteiger partial charge in [-0.15, -0.1) is 0 Å². The van der Waals surface area contributed by atoms with Crippen molar-refractivity contribution >= 4 is 51.6 Å². The molecule has 1 saturated heterocycles. The fraction of sp³-hybridized carbons (Fsp3) is 0.143. The van der Waals surface area contributed by atoms with E-state index < -0.39 is 29.4 Å². The van der Waals surface area contributed by atoms with Crippen LogP contribution in [0.2, 0.25) is 0 Å². The Morgan fingerprint density at radius 1 is 1.06 bits per heavy atom. The molecule has 1 aromatic heterocycles. The smallest absolute Gasteiger partial charge is 0.324 e. The fourth-order valence-corrected chi connectivity index (χ4v) is 4.15. The quantitative estimate of drug-likeness (QED) is 0.630. The number of imidazole rings is 1. The molecular formula is C21H17FN4O4S. The van der Waals surface area contributed by atoms with Crippen LogP contribution in [0.25, 0.3) is 17.1 Å². The third-order valence-electron chi connectivity index (χ3n) is 4.88. The first-order valence-corrected chi connectivity index (χ1v) is 10.0. The van der Waals surface area contributed by atoms with Gasteiger partial charge < -0.3 is 5.32 Å². The van der Waals surface area contributed by atoms with Gasteiger partial charge in [-0.05, 0) is 53.7 Å². The topological polar surface area (TPSA) is 93.4 Å². The Morgan fingerprint density at radius 2 is 1.81 bits per heavy atom. The van der Waals surface area contributed by atoms with Crippen LogP contribution in [-0.2, 0) is 23.7 Å². The van der Waals surface area contributed by atoms with Crippen molar-refractivity contribution in [2.75, 3.05) is 11.9 Å². The Labute approximate surface area is 179 Å². The summed E-state index contributed by atoms with van der Waals surface area (Å²) >= 11 is 0.730. The van der Waals surface area contributed by atoms with E-state index in [-0.39, 0.29) is 16.3 Å². The molecule has 0 spiro atoms. The van der Waals surface area contributed by atoms with Crippen molar-refractivity contribution in [3.63, 3.8) is 0 Å². The van der Waals surface area contributed by atoms with Crippen molar-refractivity contribution < 1.29 is 18.8 Å². The predicted octanol–water partition coefficient (Wildman–Crippen LogP) is 2.69. The third kappa shape index (κ3) is 3.89. The standard InChI is InChI=1S/C21H17FN4O4S/c1-24-15-7-6-12(8-16(15)25(2)20(24)29)9-17-19(28)26(21(30)31-17)11-18(27)23-14-5-3-4-13(22)10-14/h3-10H,11H2,1-2H3,(H,23,27)/b17-9+. The number of nitrogens with zero attached hydrogens (tertiary/aromatic N) is 3. The van der Waals surface area contributed by atoms with Crippen molar-refractivity contribution in [1.82, 2.24) is 14.0 Å². The molecule has 1 aliphatic rings. The van der Waals surface area contributed by atoms with Gasteiger partial charge in [-0.1, -0.05) is 12.1 Å². The molecule has 31 heavy (non-hydrogen) atoms. The average molecular weight is 440 g/mol. The van der Waals surface area contributed by atoms with E-state index in [1.165, 1.54) is 27.3 Å². The number of hydrogen-bond acceptors (Lipinski definition) is 5. The molecule has 0 atom stereocenters. The zero-order chi connectivity index (χ0) is 22.3. The highest BCUT2D eigenvalue weighted by atomic mass is 32.2. The van der Waals surface area contributed by atoms with Gasteiger partial charge >= 0.3 is 5.69 Å². The number of thioether (sulfide) groups is 1. The van der Waals surface area contributed by atoms with Gasteiger partial charge in [0.1, 0.15) is 12.4 Å². The molecule has 0 aliphatic carbocycles. The molecule has 2 heterocycles. The van der Waals surface area contributed by atoms with Crippen LogP contribution < -0.4 is 11.0 Å². The van der Waals surface area contributed by atoms with E-state index in [1.54, 1.807) is 38.4 Å². The number of fused-ring (bicyclic) bond motifs is 1. The first-order valence-electron chi connectivity index (χ1n) is 9.21. The Bertz CT molecular complexity index is 1340. The first kappa shape index (κ1) is 20.6. The van der Waals surface area contributed by atoms with Crippen molar-refractivity contribution in [3.05, 3.63) is 69.2 Å². The number of imide groups is 1. The molecule has 2 aromatic carbocycles. The van der Waals surface area contributed by atoms with Gasteiger partial charge in [-0.3, -0.25) is 28.4 Å². The molecule has 1 N–H and O–H groups in total. The number of rotatable bonds is 4. The SMILES string of the molecule is Cn1c(=O)n(C)c2cc(/C=C3/SC(=O)N(CC(=O)Nc4cccc(F)c4)C3=O)ccc21. The number of benzene rings is 2. The number of carbonyl (C=O) groups excluding carboxylic acids is 3. The predicted molar refractivity (Wildman–Crippen MR) is 116 cm³/mol. The maximum absolute atomic E-state index is 13.2. The fourth-order valence-electron chi connectivity index (χ4n) is 3.31. The first-order chi connectivity index (χ1) is 14.7. The second-order valence-corrected chi connectivity index (χ2v) is 7.97. The van der Waals surface area contributed by atoms with Crippen molar-refractivity contribution in [3.8, 4) is 0 Å². The van der Waals surface area contributed by atoms with E-state index in [1.807, 2.05) is 0 Å². The van der Waals surface area contributed by atoms with Crippen LogP contribution in [0.1, 0.15) is 5.56 Å². The van der Waals surface area contributed by atoms with E-state index in [0.717, 1.165) is 28.2 Å². The maximum atomic E-state index is 13.2. The van der Waals surface area contributed by atoms with E-state index in [4.69, 9.17) is 0 Å². The normalized spacial score (nSPS) is 15.3. The van der Waals surface area contributed by atoms with Crippen LogP contribution in [0, 0.1) is 5.82 Å². The number of hydrogen-bond donors (Lipinski definition) is 1. The molecule has 3 aromatic rings. The van der Waals surface area contributed by atoms with Gasteiger partial charge in [0.2, 0.25) is 5.91 Å². The molecule has 0 radical (unpaired) electrons. The molecule has 0 saturated carbocycles. The monoisotopic (exact) mass is 440 g/mol. The molecule has 4 rings (SSSR count). The van der Waals surface area contributed by atoms with Gasteiger partial charge in [-0.25, -0.2) is 9.18 Å². The van der Waals surface area contributed by atoms with Gasteiger partial charge in [0.25, 0.3) is 11.1 Å². The molecule has 10 heteroatoms. The summed E-state index contributed by atoms with van der Waals surface area (Å²) in [7, 11) is 3.32. The molecule has 1 fully saturated rings. The minimum atomic E-state index is -0.616. The van der Waals surface area contributed by atoms with E-state index >= 15 is 0 Å². The highest BCUT2D eigenvalue weighted by Gasteiger charge is 2.36. The largest absolute Gasteiger partial charge is 0.328 e. The summed E-state index contributed by atoms with van der Waals surface area (Å²) in [6.45, 7) is -0.481. The molecular weight excluding hydrogens is 423 g/mol.